The van der Waals surface area contributed by atoms with Crippen LogP contribution in [0.15, 0.2) is 4.79 Å². The van der Waals surface area contributed by atoms with Crippen LogP contribution in [0.2, 0.25) is 0 Å². The zero-order valence-corrected chi connectivity index (χ0v) is 9.61. The maximum absolute atomic E-state index is 12.1. The maximum atomic E-state index is 12.1. The van der Waals surface area contributed by atoms with Gasteiger partial charge in [0.05, 0.1) is 18.9 Å². The van der Waals surface area contributed by atoms with Crippen LogP contribution in [0.3, 0.4) is 0 Å². The van der Waals surface area contributed by atoms with E-state index in [1.807, 2.05) is 6.92 Å². The molecule has 0 fully saturated rings. The Morgan fingerprint density at radius 3 is 2.82 bits per heavy atom. The monoisotopic (exact) mass is 232 g/mol. The number of hydrogen-bond acceptors (Lipinski definition) is 3. The van der Waals surface area contributed by atoms with Gasteiger partial charge in [0.15, 0.2) is 5.65 Å². The van der Waals surface area contributed by atoms with E-state index in [-0.39, 0.29) is 17.8 Å². The average Bonchev–Trinajstić information content (AvgIpc) is 2.65. The van der Waals surface area contributed by atoms with Crippen molar-refractivity contribution in [3.63, 3.8) is 0 Å². The molecule has 2 rings (SSSR count). The molecule has 2 N–H and O–H groups in total. The first-order valence-corrected chi connectivity index (χ1v) is 5.25. The predicted molar refractivity (Wildman–Crippen MR) is 62.1 cm³/mol. The van der Waals surface area contributed by atoms with Gasteiger partial charge in [0.2, 0.25) is 0 Å². The fourth-order valence-corrected chi connectivity index (χ4v) is 1.87. The molecule has 88 valence electrons. The maximum Gasteiger partial charge on any atom is 0.274 e. The van der Waals surface area contributed by atoms with Crippen LogP contribution in [0.4, 0.5) is 5.69 Å². The third-order valence-electron chi connectivity index (χ3n) is 2.72. The quantitative estimate of drug-likeness (QED) is 0.756. The average molecular weight is 232 g/mol. The van der Waals surface area contributed by atoms with Crippen molar-refractivity contribution in [3.8, 4) is 0 Å². The fourth-order valence-electron chi connectivity index (χ4n) is 1.87. The molecule has 0 spiro atoms. The molecule has 0 aliphatic rings. The number of aromatic amines is 1. The van der Waals surface area contributed by atoms with E-state index < -0.39 is 0 Å². The van der Waals surface area contributed by atoms with Crippen LogP contribution in [0.1, 0.15) is 23.9 Å². The number of aliphatic hydroxyl groups is 1. The van der Waals surface area contributed by atoms with Gasteiger partial charge in [0, 0.05) is 11.3 Å². The lowest BCUT2D eigenvalue weighted by Gasteiger charge is -2.04. The van der Waals surface area contributed by atoms with Crippen molar-refractivity contribution in [3.05, 3.63) is 38.7 Å². The Labute approximate surface area is 97.3 Å². The van der Waals surface area contributed by atoms with Gasteiger partial charge in [-0.05, 0) is 13.3 Å². The Kier molecular flexibility index (Phi) is 2.69. The number of nitrogens with zero attached hydrogens (tertiary/aromatic N) is 3. The summed E-state index contributed by atoms with van der Waals surface area (Å²) in [6.45, 7) is 10.3. The third-order valence-corrected chi connectivity index (χ3v) is 2.72. The first-order chi connectivity index (χ1) is 8.13. The summed E-state index contributed by atoms with van der Waals surface area (Å²) >= 11 is 0. The molecular weight excluding hydrogens is 220 g/mol. The van der Waals surface area contributed by atoms with Gasteiger partial charge in [-0.15, -0.1) is 0 Å². The van der Waals surface area contributed by atoms with Crippen molar-refractivity contribution in [2.24, 2.45) is 0 Å². The molecule has 0 saturated carbocycles. The summed E-state index contributed by atoms with van der Waals surface area (Å²) in [7, 11) is 0. The Bertz CT molecular complexity index is 675. The lowest BCUT2D eigenvalue weighted by molar-refractivity contribution is 0.275. The lowest BCUT2D eigenvalue weighted by Crippen LogP contribution is -2.22. The summed E-state index contributed by atoms with van der Waals surface area (Å²) < 4.78 is 1.26. The normalized spacial score (nSPS) is 10.7. The van der Waals surface area contributed by atoms with Crippen molar-refractivity contribution in [1.82, 2.24) is 14.6 Å². The molecule has 0 bridgehead atoms. The van der Waals surface area contributed by atoms with Gasteiger partial charge < -0.3 is 10.2 Å². The summed E-state index contributed by atoms with van der Waals surface area (Å²) in [5, 5.41) is 12.0. The van der Waals surface area contributed by atoms with Crippen molar-refractivity contribution in [2.75, 3.05) is 0 Å². The number of aliphatic hydroxyl groups excluding tert-OH is 1. The Morgan fingerprint density at radius 1 is 1.59 bits per heavy atom. The second kappa shape index (κ2) is 4.03. The van der Waals surface area contributed by atoms with Crippen LogP contribution in [-0.4, -0.2) is 19.7 Å². The SMILES string of the molecule is [C-]#[N+]c1c(C)[nH]n2c(=O)c(CC)c(CO)nc12. The summed E-state index contributed by atoms with van der Waals surface area (Å²) in [6.07, 6.45) is 0.496. The molecule has 0 aliphatic carbocycles. The highest BCUT2D eigenvalue weighted by Crippen LogP contribution is 2.22. The molecule has 0 radical (unpaired) electrons. The van der Waals surface area contributed by atoms with Crippen LogP contribution >= 0.6 is 0 Å². The molecule has 6 heteroatoms. The highest BCUT2D eigenvalue weighted by Gasteiger charge is 2.16. The summed E-state index contributed by atoms with van der Waals surface area (Å²) in [5.74, 6) is 0. The van der Waals surface area contributed by atoms with Gasteiger partial charge in [0.25, 0.3) is 11.2 Å². The summed E-state index contributed by atoms with van der Waals surface area (Å²) in [6, 6.07) is 0. The van der Waals surface area contributed by atoms with Gasteiger partial charge in [-0.3, -0.25) is 4.79 Å². The summed E-state index contributed by atoms with van der Waals surface area (Å²) in [5.41, 5.74) is 1.77. The lowest BCUT2D eigenvalue weighted by atomic mass is 10.2. The molecule has 0 amide bonds. The zero-order valence-electron chi connectivity index (χ0n) is 9.61. The van der Waals surface area contributed by atoms with E-state index in [1.54, 1.807) is 6.92 Å². The highest BCUT2D eigenvalue weighted by atomic mass is 16.3. The highest BCUT2D eigenvalue weighted by molar-refractivity contribution is 5.71. The van der Waals surface area contributed by atoms with E-state index in [0.717, 1.165) is 0 Å². The molecule has 0 aromatic carbocycles. The van der Waals surface area contributed by atoms with E-state index in [0.29, 0.717) is 29.1 Å². The fraction of sp³-hybridized carbons (Fsp3) is 0.364. The minimum absolute atomic E-state index is 0.250. The summed E-state index contributed by atoms with van der Waals surface area (Å²) in [4.78, 5) is 19.6. The molecule has 0 saturated heterocycles. The van der Waals surface area contributed by atoms with Crippen molar-refractivity contribution in [2.45, 2.75) is 26.9 Å². The van der Waals surface area contributed by atoms with Gasteiger partial charge in [0.1, 0.15) is 0 Å². The second-order valence-corrected chi connectivity index (χ2v) is 3.71. The van der Waals surface area contributed by atoms with Crippen LogP contribution in [0.25, 0.3) is 10.5 Å². The third kappa shape index (κ3) is 1.52. The van der Waals surface area contributed by atoms with Gasteiger partial charge in [-0.25, -0.2) is 14.3 Å². The number of aryl methyl sites for hydroxylation is 1. The Balaban J connectivity index is 2.97. The molecule has 2 aromatic heterocycles. The molecule has 0 atom stereocenters. The molecule has 0 aliphatic heterocycles. The number of aromatic nitrogens is 3. The van der Waals surface area contributed by atoms with E-state index in [1.165, 1.54) is 4.52 Å². The first-order valence-electron chi connectivity index (χ1n) is 5.25. The number of rotatable bonds is 2. The number of H-pyrrole nitrogens is 1. The predicted octanol–water partition coefficient (Wildman–Crippen LogP) is 0.937. The van der Waals surface area contributed by atoms with Gasteiger partial charge in [-0.2, -0.15) is 0 Å². The largest absolute Gasteiger partial charge is 0.390 e. The van der Waals surface area contributed by atoms with Gasteiger partial charge in [-0.1, -0.05) is 6.92 Å². The van der Waals surface area contributed by atoms with E-state index in [2.05, 4.69) is 14.9 Å². The number of fused-ring (bicyclic) bond motifs is 1. The standard InChI is InChI=1S/C11H12N4O2/c1-4-7-8(5-16)13-10-9(12-3)6(2)14-15(10)11(7)17/h14,16H,4-5H2,1-2H3. The molecule has 6 nitrogen and oxygen atoms in total. The molecule has 2 aromatic rings. The Hall–Kier alpha value is -2.13. The van der Waals surface area contributed by atoms with Crippen LogP contribution in [0, 0.1) is 13.5 Å². The minimum Gasteiger partial charge on any atom is -0.390 e. The zero-order chi connectivity index (χ0) is 12.6. The topological polar surface area (TPSA) is 74.8 Å². The molecule has 17 heavy (non-hydrogen) atoms. The van der Waals surface area contributed by atoms with E-state index in [4.69, 9.17) is 6.57 Å². The minimum atomic E-state index is -0.295. The van der Waals surface area contributed by atoms with Gasteiger partial charge >= 0.3 is 0 Å². The van der Waals surface area contributed by atoms with Crippen LogP contribution < -0.4 is 5.56 Å². The van der Waals surface area contributed by atoms with Crippen LogP contribution in [0.5, 0.6) is 0 Å². The van der Waals surface area contributed by atoms with E-state index >= 15 is 0 Å². The second-order valence-electron chi connectivity index (χ2n) is 3.71. The van der Waals surface area contributed by atoms with Crippen molar-refractivity contribution >= 4 is 11.3 Å². The Morgan fingerprint density at radius 2 is 2.29 bits per heavy atom. The molecule has 0 unspecified atom stereocenters. The number of hydrogen-bond donors (Lipinski definition) is 2. The molecule has 2 heterocycles. The first kappa shape index (κ1) is 11.4. The van der Waals surface area contributed by atoms with Crippen molar-refractivity contribution in [1.29, 1.82) is 0 Å². The van der Waals surface area contributed by atoms with E-state index in [9.17, 15) is 9.90 Å². The number of nitrogens with one attached hydrogen (secondary N) is 1. The smallest absolute Gasteiger partial charge is 0.274 e. The van der Waals surface area contributed by atoms with Crippen molar-refractivity contribution < 1.29 is 5.11 Å². The van der Waals surface area contributed by atoms with Crippen LogP contribution in [-0.2, 0) is 13.0 Å². The molecular formula is C11H12N4O2.